The van der Waals surface area contributed by atoms with E-state index in [2.05, 4.69) is 39.1 Å². The molecule has 1 N–H and O–H groups in total. The van der Waals surface area contributed by atoms with Crippen molar-refractivity contribution in [3.8, 4) is 0 Å². The van der Waals surface area contributed by atoms with E-state index in [0.29, 0.717) is 0 Å². The van der Waals surface area contributed by atoms with Gasteiger partial charge in [0.05, 0.1) is 5.52 Å². The van der Waals surface area contributed by atoms with Crippen LogP contribution in [0.2, 0.25) is 0 Å². The van der Waals surface area contributed by atoms with Crippen molar-refractivity contribution in [2.45, 2.75) is 0 Å². The summed E-state index contributed by atoms with van der Waals surface area (Å²) in [5.41, 5.74) is 4.04. The van der Waals surface area contributed by atoms with Gasteiger partial charge in [0.1, 0.15) is 5.58 Å². The summed E-state index contributed by atoms with van der Waals surface area (Å²) in [5.74, 6) is 0. The molecule has 0 bridgehead atoms. The minimum Gasteiger partial charge on any atom is -0.454 e. The highest BCUT2D eigenvalue weighted by Crippen LogP contribution is 2.34. The molecule has 17 heavy (non-hydrogen) atoms. The van der Waals surface area contributed by atoms with Crippen LogP contribution in [0.15, 0.2) is 51.4 Å². The van der Waals surface area contributed by atoms with E-state index < -0.39 is 0 Å². The van der Waals surface area contributed by atoms with Crippen molar-refractivity contribution in [1.29, 1.82) is 0 Å². The molecule has 0 saturated carbocycles. The quantitative estimate of drug-likeness (QED) is 0.493. The van der Waals surface area contributed by atoms with Crippen molar-refractivity contribution in [3.63, 3.8) is 0 Å². The second-order valence-electron chi connectivity index (χ2n) is 4.12. The van der Waals surface area contributed by atoms with Gasteiger partial charge in [-0.25, -0.2) is 0 Å². The fraction of sp³-hybridized carbons (Fsp3) is 0. The first-order valence-corrected chi connectivity index (χ1v) is 6.21. The van der Waals surface area contributed by atoms with Crippen molar-refractivity contribution < 1.29 is 4.42 Å². The van der Waals surface area contributed by atoms with Crippen LogP contribution < -0.4 is 0 Å². The third-order valence-electron chi connectivity index (χ3n) is 3.08. The Kier molecular flexibility index (Phi) is 1.72. The van der Waals surface area contributed by atoms with Crippen molar-refractivity contribution in [2.75, 3.05) is 0 Å². The van der Waals surface area contributed by atoms with Crippen LogP contribution in [0.3, 0.4) is 0 Å². The number of nitrogens with one attached hydrogen (secondary N) is 1. The van der Waals surface area contributed by atoms with Gasteiger partial charge in [-0.3, -0.25) is 0 Å². The number of aromatic amines is 1. The van der Waals surface area contributed by atoms with E-state index in [1.807, 2.05) is 24.3 Å². The average Bonchev–Trinajstić information content (AvgIpc) is 2.84. The zero-order valence-electron chi connectivity index (χ0n) is 8.83. The molecule has 0 radical (unpaired) electrons. The lowest BCUT2D eigenvalue weighted by Crippen LogP contribution is -1.69. The fourth-order valence-electron chi connectivity index (χ4n) is 2.31. The molecule has 4 aromatic rings. The second-order valence-corrected chi connectivity index (χ2v) is 5.03. The molecule has 0 aliphatic heterocycles. The van der Waals surface area contributed by atoms with Crippen molar-refractivity contribution in [3.05, 3.63) is 46.9 Å². The monoisotopic (exact) mass is 285 g/mol. The average molecular weight is 286 g/mol. The predicted octanol–water partition coefficient (Wildman–Crippen LogP) is 4.83. The minimum atomic E-state index is 0.909. The summed E-state index contributed by atoms with van der Waals surface area (Å²) in [5, 5.41) is 2.26. The number of benzene rings is 2. The Balaban J connectivity index is 2.29. The minimum absolute atomic E-state index is 0.909. The summed E-state index contributed by atoms with van der Waals surface area (Å²) < 4.78 is 6.96. The highest BCUT2D eigenvalue weighted by Gasteiger charge is 2.12. The lowest BCUT2D eigenvalue weighted by molar-refractivity contribution is 0.672. The van der Waals surface area contributed by atoms with E-state index in [0.717, 1.165) is 37.4 Å². The van der Waals surface area contributed by atoms with Gasteiger partial charge in [-0.05, 0) is 30.3 Å². The molecular weight excluding hydrogens is 278 g/mol. The summed E-state index contributed by atoms with van der Waals surface area (Å²) in [6, 6.07) is 14.3. The van der Waals surface area contributed by atoms with E-state index in [1.165, 1.54) is 0 Å². The molecule has 3 heteroatoms. The zero-order chi connectivity index (χ0) is 11.4. The molecule has 2 nitrogen and oxygen atoms in total. The van der Waals surface area contributed by atoms with E-state index in [4.69, 9.17) is 4.42 Å². The molecule has 82 valence electrons. The second kappa shape index (κ2) is 3.14. The summed E-state index contributed by atoms with van der Waals surface area (Å²) in [7, 11) is 0. The van der Waals surface area contributed by atoms with Gasteiger partial charge in [-0.1, -0.05) is 28.1 Å². The van der Waals surface area contributed by atoms with E-state index in [-0.39, 0.29) is 0 Å². The van der Waals surface area contributed by atoms with Crippen LogP contribution in [-0.2, 0) is 0 Å². The molecule has 4 rings (SSSR count). The van der Waals surface area contributed by atoms with Gasteiger partial charge >= 0.3 is 0 Å². The Hall–Kier alpha value is -1.74. The molecule has 0 atom stereocenters. The lowest BCUT2D eigenvalue weighted by atomic mass is 10.2. The Morgan fingerprint density at radius 2 is 1.88 bits per heavy atom. The maximum absolute atomic E-state index is 5.93. The first-order valence-electron chi connectivity index (χ1n) is 5.41. The Labute approximate surface area is 105 Å². The largest absolute Gasteiger partial charge is 0.454 e. The van der Waals surface area contributed by atoms with Crippen LogP contribution in [0.5, 0.6) is 0 Å². The van der Waals surface area contributed by atoms with Crippen LogP contribution >= 0.6 is 15.9 Å². The van der Waals surface area contributed by atoms with Gasteiger partial charge in [-0.15, -0.1) is 0 Å². The number of furan rings is 1. The van der Waals surface area contributed by atoms with Crippen LogP contribution in [-0.4, -0.2) is 4.98 Å². The van der Waals surface area contributed by atoms with E-state index in [1.54, 1.807) is 0 Å². The summed E-state index contributed by atoms with van der Waals surface area (Å²) in [6.45, 7) is 0. The SMILES string of the molecule is Brc1ccc2c(c1)oc1c3ccccc3[nH]c21. The summed E-state index contributed by atoms with van der Waals surface area (Å²) >= 11 is 3.46. The van der Waals surface area contributed by atoms with E-state index in [9.17, 15) is 0 Å². The highest BCUT2D eigenvalue weighted by molar-refractivity contribution is 9.10. The predicted molar refractivity (Wildman–Crippen MR) is 73.3 cm³/mol. The van der Waals surface area contributed by atoms with E-state index >= 15 is 0 Å². The first-order chi connectivity index (χ1) is 8.33. The number of rotatable bonds is 0. The van der Waals surface area contributed by atoms with Crippen molar-refractivity contribution in [2.24, 2.45) is 0 Å². The number of para-hydroxylation sites is 1. The molecule has 2 aromatic heterocycles. The summed E-state index contributed by atoms with van der Waals surface area (Å²) in [6.07, 6.45) is 0. The molecule has 0 amide bonds. The van der Waals surface area contributed by atoms with Crippen LogP contribution in [0.1, 0.15) is 0 Å². The fourth-order valence-corrected chi connectivity index (χ4v) is 2.65. The van der Waals surface area contributed by atoms with Crippen LogP contribution in [0, 0.1) is 0 Å². The molecular formula is C14H8BrNO. The Bertz CT molecular complexity index is 856. The molecule has 0 aliphatic carbocycles. The Morgan fingerprint density at radius 1 is 1.00 bits per heavy atom. The molecule has 0 saturated heterocycles. The number of hydrogen-bond donors (Lipinski definition) is 1. The van der Waals surface area contributed by atoms with Gasteiger partial charge in [0.25, 0.3) is 0 Å². The molecule has 2 aromatic carbocycles. The normalized spacial score (nSPS) is 11.8. The number of fused-ring (bicyclic) bond motifs is 5. The molecule has 0 unspecified atom stereocenters. The molecule has 0 aliphatic rings. The number of hydrogen-bond acceptors (Lipinski definition) is 1. The maximum Gasteiger partial charge on any atom is 0.160 e. The van der Waals surface area contributed by atoms with Crippen LogP contribution in [0.4, 0.5) is 0 Å². The number of halogens is 1. The van der Waals surface area contributed by atoms with Gasteiger partial charge in [-0.2, -0.15) is 0 Å². The summed E-state index contributed by atoms with van der Waals surface area (Å²) in [4.78, 5) is 3.41. The standard InChI is InChI=1S/C14H8BrNO/c15-8-5-6-10-12(7-8)17-14-9-3-1-2-4-11(9)16-13(10)14/h1-7,16H. The third kappa shape index (κ3) is 1.20. The maximum atomic E-state index is 5.93. The smallest absolute Gasteiger partial charge is 0.160 e. The van der Waals surface area contributed by atoms with Crippen LogP contribution in [0.25, 0.3) is 33.0 Å². The van der Waals surface area contributed by atoms with Gasteiger partial charge < -0.3 is 9.40 Å². The third-order valence-corrected chi connectivity index (χ3v) is 3.58. The number of aromatic nitrogens is 1. The molecule has 2 heterocycles. The van der Waals surface area contributed by atoms with Crippen molar-refractivity contribution in [1.82, 2.24) is 4.98 Å². The molecule has 0 fully saturated rings. The van der Waals surface area contributed by atoms with Crippen molar-refractivity contribution >= 4 is 48.9 Å². The zero-order valence-corrected chi connectivity index (χ0v) is 10.4. The molecule has 0 spiro atoms. The Morgan fingerprint density at radius 3 is 2.82 bits per heavy atom. The van der Waals surface area contributed by atoms with Gasteiger partial charge in [0, 0.05) is 20.8 Å². The lowest BCUT2D eigenvalue weighted by Gasteiger charge is -1.91. The topological polar surface area (TPSA) is 28.9 Å². The number of H-pyrrole nitrogens is 1. The van der Waals surface area contributed by atoms with Gasteiger partial charge in [0.15, 0.2) is 5.58 Å². The van der Waals surface area contributed by atoms with Gasteiger partial charge in [0.2, 0.25) is 0 Å². The highest BCUT2D eigenvalue weighted by atomic mass is 79.9. The first kappa shape index (κ1) is 9.31.